The van der Waals surface area contributed by atoms with Crippen molar-refractivity contribution in [2.24, 2.45) is 5.41 Å². The Morgan fingerprint density at radius 2 is 1.79 bits per heavy atom. The molecule has 5 rings (SSSR count). The van der Waals surface area contributed by atoms with E-state index in [1.54, 1.807) is 12.1 Å². The maximum Gasteiger partial charge on any atom is 0.416 e. The number of alkyl halides is 3. The highest BCUT2D eigenvalue weighted by atomic mass is 19.4. The van der Waals surface area contributed by atoms with E-state index >= 15 is 0 Å². The molecule has 3 aliphatic rings. The van der Waals surface area contributed by atoms with Crippen LogP contribution in [0.3, 0.4) is 0 Å². The van der Waals surface area contributed by atoms with Crippen LogP contribution in [0, 0.1) is 5.41 Å². The minimum atomic E-state index is -4.56. The number of carbonyl (C=O) groups is 3. The average Bonchev–Trinajstić information content (AvgIpc) is 2.82. The van der Waals surface area contributed by atoms with Crippen LogP contribution in [0.1, 0.15) is 30.4 Å². The van der Waals surface area contributed by atoms with Gasteiger partial charge in [0.05, 0.1) is 24.4 Å². The summed E-state index contributed by atoms with van der Waals surface area (Å²) in [6.07, 6.45) is -2.74. The number of barbiturate groups is 1. The first kappa shape index (κ1) is 22.2. The van der Waals surface area contributed by atoms with E-state index < -0.39 is 41.0 Å². The molecule has 0 saturated carbocycles. The summed E-state index contributed by atoms with van der Waals surface area (Å²) in [5.74, 6) is -0.984. The number of carbonyl (C=O) groups excluding carboxylic acids is 3. The molecule has 0 aromatic heterocycles. The lowest BCUT2D eigenvalue weighted by atomic mass is 9.66. The van der Waals surface area contributed by atoms with Gasteiger partial charge in [0.15, 0.2) is 5.41 Å². The second-order valence-corrected chi connectivity index (χ2v) is 8.79. The lowest BCUT2D eigenvalue weighted by Gasteiger charge is -2.53. The van der Waals surface area contributed by atoms with Crippen molar-refractivity contribution >= 4 is 29.2 Å². The predicted octanol–water partition coefficient (Wildman–Crippen LogP) is 3.90. The Bertz CT molecular complexity index is 1180. The monoisotopic (exact) mass is 473 g/mol. The summed E-state index contributed by atoms with van der Waals surface area (Å²) < 4.78 is 45.5. The summed E-state index contributed by atoms with van der Waals surface area (Å²) in [7, 11) is 1.48. The van der Waals surface area contributed by atoms with Crippen molar-refractivity contribution in [1.29, 1.82) is 0 Å². The minimum absolute atomic E-state index is 0.224. The van der Waals surface area contributed by atoms with E-state index in [4.69, 9.17) is 4.74 Å². The van der Waals surface area contributed by atoms with Gasteiger partial charge in [0.25, 0.3) is 5.91 Å². The molecule has 10 heteroatoms. The maximum absolute atomic E-state index is 14.0. The molecule has 0 bridgehead atoms. The average molecular weight is 473 g/mol. The molecule has 2 atom stereocenters. The molecule has 2 fully saturated rings. The summed E-state index contributed by atoms with van der Waals surface area (Å²) in [4.78, 5) is 42.9. The van der Waals surface area contributed by atoms with E-state index in [2.05, 4.69) is 5.32 Å². The number of imide groups is 2. The summed E-state index contributed by atoms with van der Waals surface area (Å²) in [5, 5.41) is 2.30. The number of piperidine rings is 1. The number of nitrogens with one attached hydrogen (secondary N) is 1. The van der Waals surface area contributed by atoms with Crippen LogP contribution < -0.4 is 19.9 Å². The zero-order valence-corrected chi connectivity index (χ0v) is 18.3. The molecule has 0 radical (unpaired) electrons. The first-order valence-corrected chi connectivity index (χ1v) is 11.0. The molecule has 34 heavy (non-hydrogen) atoms. The van der Waals surface area contributed by atoms with Crippen LogP contribution >= 0.6 is 0 Å². The van der Waals surface area contributed by atoms with E-state index in [1.165, 1.54) is 25.3 Å². The highest BCUT2D eigenvalue weighted by Gasteiger charge is 2.62. The molecular weight excluding hydrogens is 451 g/mol. The Labute approximate surface area is 193 Å². The Morgan fingerprint density at radius 1 is 1.06 bits per heavy atom. The standard InChI is InChI=1S/C24H22F3N3O4/c1-34-17-8-6-16(7-9-17)30-21(32)23(20(31)28-22(30)33)13-14-12-15(24(25,26)27)5-10-18(14)29-11-3-2-4-19(23)29/h5-10,12,19H,2-4,11,13H2,1H3,(H,28,31,33)/t19-,23+/m0/s1. The third kappa shape index (κ3) is 3.23. The Hall–Kier alpha value is -3.56. The van der Waals surface area contributed by atoms with Gasteiger partial charge in [-0.25, -0.2) is 9.69 Å². The first-order valence-electron chi connectivity index (χ1n) is 11.0. The third-order valence-corrected chi connectivity index (χ3v) is 7.00. The fourth-order valence-electron chi connectivity index (χ4n) is 5.40. The van der Waals surface area contributed by atoms with Crippen LogP contribution in [-0.4, -0.2) is 37.5 Å². The summed E-state index contributed by atoms with van der Waals surface area (Å²) in [5.41, 5.74) is -1.47. The van der Waals surface area contributed by atoms with E-state index in [9.17, 15) is 27.6 Å². The van der Waals surface area contributed by atoms with Gasteiger partial charge in [-0.3, -0.25) is 14.9 Å². The van der Waals surface area contributed by atoms with Crippen molar-refractivity contribution < 1.29 is 32.3 Å². The fraction of sp³-hybridized carbons (Fsp3) is 0.375. The number of benzene rings is 2. The number of hydrogen-bond donors (Lipinski definition) is 1. The quantitative estimate of drug-likeness (QED) is 0.670. The molecule has 1 spiro atoms. The van der Waals surface area contributed by atoms with Gasteiger partial charge in [-0.15, -0.1) is 0 Å². The molecule has 0 aliphatic carbocycles. The number of rotatable bonds is 2. The summed E-state index contributed by atoms with van der Waals surface area (Å²) in [6, 6.07) is 8.20. The number of hydrogen-bond acceptors (Lipinski definition) is 5. The molecular formula is C24H22F3N3O4. The van der Waals surface area contributed by atoms with Gasteiger partial charge >= 0.3 is 12.2 Å². The van der Waals surface area contributed by atoms with Gasteiger partial charge in [0.2, 0.25) is 5.91 Å². The SMILES string of the molecule is COc1ccc(N2C(=O)NC(=O)[C@]3(Cc4cc(C(F)(F)F)ccc4N4CCCC[C@H]43)C2=O)cc1. The second kappa shape index (κ2) is 7.75. The lowest BCUT2D eigenvalue weighted by molar-refractivity contribution is -0.145. The Kier molecular flexibility index (Phi) is 5.07. The Balaban J connectivity index is 1.64. The fourth-order valence-corrected chi connectivity index (χ4v) is 5.40. The molecule has 3 aliphatic heterocycles. The van der Waals surface area contributed by atoms with Crippen molar-refractivity contribution in [3.8, 4) is 5.75 Å². The van der Waals surface area contributed by atoms with E-state index in [-0.39, 0.29) is 17.7 Å². The predicted molar refractivity (Wildman–Crippen MR) is 117 cm³/mol. The topological polar surface area (TPSA) is 79.0 Å². The minimum Gasteiger partial charge on any atom is -0.497 e. The second-order valence-electron chi connectivity index (χ2n) is 8.79. The Morgan fingerprint density at radius 3 is 2.47 bits per heavy atom. The summed E-state index contributed by atoms with van der Waals surface area (Å²) in [6.45, 7) is 0.502. The molecule has 178 valence electrons. The number of halogens is 3. The highest BCUT2D eigenvalue weighted by Crippen LogP contribution is 2.49. The van der Waals surface area contributed by atoms with Crippen molar-refractivity contribution in [3.63, 3.8) is 0 Å². The smallest absolute Gasteiger partial charge is 0.416 e. The molecule has 0 unspecified atom stereocenters. The van der Waals surface area contributed by atoms with Gasteiger partial charge in [0, 0.05) is 12.2 Å². The van der Waals surface area contributed by atoms with Crippen molar-refractivity contribution in [3.05, 3.63) is 53.6 Å². The van der Waals surface area contributed by atoms with Crippen LogP contribution in [0.5, 0.6) is 5.75 Å². The van der Waals surface area contributed by atoms with E-state index in [0.717, 1.165) is 29.9 Å². The zero-order valence-electron chi connectivity index (χ0n) is 18.3. The number of ether oxygens (including phenoxy) is 1. The third-order valence-electron chi connectivity index (χ3n) is 7.00. The first-order chi connectivity index (χ1) is 16.2. The molecule has 2 saturated heterocycles. The largest absolute Gasteiger partial charge is 0.497 e. The van der Waals surface area contributed by atoms with Crippen LogP contribution in [-0.2, 0) is 22.2 Å². The number of amides is 4. The van der Waals surface area contributed by atoms with Crippen molar-refractivity contribution in [2.75, 3.05) is 23.5 Å². The molecule has 3 heterocycles. The van der Waals surface area contributed by atoms with Crippen LogP contribution in [0.4, 0.5) is 29.3 Å². The van der Waals surface area contributed by atoms with Gasteiger partial charge in [-0.2, -0.15) is 13.2 Å². The van der Waals surface area contributed by atoms with E-state index in [1.807, 2.05) is 4.90 Å². The molecule has 4 amide bonds. The number of urea groups is 1. The van der Waals surface area contributed by atoms with Crippen LogP contribution in [0.25, 0.3) is 0 Å². The van der Waals surface area contributed by atoms with Gasteiger partial charge in [0.1, 0.15) is 5.75 Å². The number of nitrogens with zero attached hydrogens (tertiary/aromatic N) is 2. The molecule has 2 aromatic carbocycles. The normalized spacial score (nSPS) is 24.6. The van der Waals surface area contributed by atoms with Gasteiger partial charge in [-0.1, -0.05) is 0 Å². The zero-order chi connectivity index (χ0) is 24.3. The van der Waals surface area contributed by atoms with Gasteiger partial charge < -0.3 is 9.64 Å². The van der Waals surface area contributed by atoms with Crippen molar-refractivity contribution in [2.45, 2.75) is 37.9 Å². The molecule has 1 N–H and O–H groups in total. The van der Waals surface area contributed by atoms with Crippen LogP contribution in [0.2, 0.25) is 0 Å². The lowest BCUT2D eigenvalue weighted by Crippen LogP contribution is -2.72. The number of anilines is 2. The molecule has 2 aromatic rings. The summed E-state index contributed by atoms with van der Waals surface area (Å²) >= 11 is 0. The number of methoxy groups -OCH3 is 1. The van der Waals surface area contributed by atoms with Crippen LogP contribution in [0.15, 0.2) is 42.5 Å². The maximum atomic E-state index is 14.0. The number of fused-ring (bicyclic) bond motifs is 4. The van der Waals surface area contributed by atoms with Gasteiger partial charge in [-0.05, 0) is 73.7 Å². The molecule has 7 nitrogen and oxygen atoms in total. The highest BCUT2D eigenvalue weighted by molar-refractivity contribution is 6.30. The van der Waals surface area contributed by atoms with E-state index in [0.29, 0.717) is 24.4 Å². The van der Waals surface area contributed by atoms with Crippen molar-refractivity contribution in [1.82, 2.24) is 5.32 Å².